The van der Waals surface area contributed by atoms with E-state index in [1.54, 1.807) is 0 Å². The maximum Gasteiger partial charge on any atom is 0.0435 e. The summed E-state index contributed by atoms with van der Waals surface area (Å²) in [7, 11) is 2.04. The molecule has 0 aliphatic carbocycles. The van der Waals surface area contributed by atoms with Crippen LogP contribution in [-0.2, 0) is 6.42 Å². The van der Waals surface area contributed by atoms with Crippen LogP contribution in [-0.4, -0.2) is 26.2 Å². The number of nitrogens with one attached hydrogen (secondary N) is 1. The molecule has 2 nitrogen and oxygen atoms in total. The first kappa shape index (κ1) is 12.4. The van der Waals surface area contributed by atoms with Crippen molar-refractivity contribution in [3.05, 3.63) is 29.3 Å². The number of benzene rings is 1. The van der Waals surface area contributed by atoms with E-state index in [0.29, 0.717) is 12.0 Å². The molecular weight excluding hydrogens is 208 g/mol. The molecule has 94 valence electrons. The average molecular weight is 232 g/mol. The molecule has 0 radical (unpaired) electrons. The summed E-state index contributed by atoms with van der Waals surface area (Å²) in [5.41, 5.74) is 4.54. The molecule has 1 aromatic carbocycles. The van der Waals surface area contributed by atoms with Gasteiger partial charge >= 0.3 is 0 Å². The normalized spacial score (nSPS) is 20.5. The Morgan fingerprint density at radius 1 is 1.47 bits per heavy atom. The maximum atomic E-state index is 3.33. The van der Waals surface area contributed by atoms with Gasteiger partial charge in [-0.2, -0.15) is 0 Å². The van der Waals surface area contributed by atoms with E-state index in [2.05, 4.69) is 49.2 Å². The molecule has 0 amide bonds. The van der Waals surface area contributed by atoms with Gasteiger partial charge in [0.2, 0.25) is 0 Å². The first-order valence-corrected chi connectivity index (χ1v) is 6.71. The predicted molar refractivity (Wildman–Crippen MR) is 75.0 cm³/mol. The summed E-state index contributed by atoms with van der Waals surface area (Å²) >= 11 is 0. The summed E-state index contributed by atoms with van der Waals surface area (Å²) in [5, 5.41) is 3.33. The predicted octanol–water partition coefficient (Wildman–Crippen LogP) is 2.78. The number of anilines is 1. The second-order valence-electron chi connectivity index (χ2n) is 5.19. The van der Waals surface area contributed by atoms with Crippen molar-refractivity contribution in [2.75, 3.05) is 25.0 Å². The molecule has 1 aromatic rings. The van der Waals surface area contributed by atoms with Crippen molar-refractivity contribution in [2.24, 2.45) is 0 Å². The smallest absolute Gasteiger partial charge is 0.0435 e. The Kier molecular flexibility index (Phi) is 3.72. The zero-order chi connectivity index (χ0) is 12.4. The Hall–Kier alpha value is -1.02. The molecule has 1 heterocycles. The third-order valence-electron chi connectivity index (χ3n) is 3.89. The van der Waals surface area contributed by atoms with Crippen molar-refractivity contribution in [3.8, 4) is 0 Å². The molecule has 1 N–H and O–H groups in total. The lowest BCUT2D eigenvalue weighted by molar-refractivity contribution is 0.608. The largest absolute Gasteiger partial charge is 0.371 e. The van der Waals surface area contributed by atoms with Crippen molar-refractivity contribution in [1.82, 2.24) is 5.32 Å². The van der Waals surface area contributed by atoms with Crippen LogP contribution in [0.15, 0.2) is 18.2 Å². The van der Waals surface area contributed by atoms with Gasteiger partial charge in [0.25, 0.3) is 0 Å². The van der Waals surface area contributed by atoms with E-state index in [4.69, 9.17) is 0 Å². The van der Waals surface area contributed by atoms with Crippen LogP contribution in [0.3, 0.4) is 0 Å². The second kappa shape index (κ2) is 5.09. The number of rotatable bonds is 4. The lowest BCUT2D eigenvalue weighted by atomic mass is 9.97. The minimum atomic E-state index is 0.538. The summed E-state index contributed by atoms with van der Waals surface area (Å²) < 4.78 is 0. The molecule has 1 aliphatic rings. The van der Waals surface area contributed by atoms with E-state index in [0.717, 1.165) is 13.0 Å². The van der Waals surface area contributed by atoms with Gasteiger partial charge in [-0.15, -0.1) is 0 Å². The molecule has 0 bridgehead atoms. The molecule has 0 spiro atoms. The van der Waals surface area contributed by atoms with Crippen LogP contribution in [0.5, 0.6) is 0 Å². The highest BCUT2D eigenvalue weighted by Crippen LogP contribution is 2.38. The van der Waals surface area contributed by atoms with Crippen LogP contribution in [0.25, 0.3) is 0 Å². The summed E-state index contributed by atoms with van der Waals surface area (Å²) in [5.74, 6) is 0.676. The van der Waals surface area contributed by atoms with E-state index in [9.17, 15) is 0 Å². The molecule has 0 saturated carbocycles. The summed E-state index contributed by atoms with van der Waals surface area (Å²) in [6.45, 7) is 9.12. The van der Waals surface area contributed by atoms with Gasteiger partial charge in [0.1, 0.15) is 0 Å². The first-order valence-electron chi connectivity index (χ1n) is 6.71. The van der Waals surface area contributed by atoms with Gasteiger partial charge in [-0.1, -0.05) is 25.1 Å². The van der Waals surface area contributed by atoms with E-state index in [-0.39, 0.29) is 0 Å². The zero-order valence-corrected chi connectivity index (χ0v) is 11.5. The topological polar surface area (TPSA) is 15.3 Å². The van der Waals surface area contributed by atoms with Crippen molar-refractivity contribution in [3.63, 3.8) is 0 Å². The number of nitrogens with zero attached hydrogens (tertiary/aromatic N) is 1. The van der Waals surface area contributed by atoms with E-state index < -0.39 is 0 Å². The highest BCUT2D eigenvalue weighted by Gasteiger charge is 2.26. The average Bonchev–Trinajstić information content (AvgIpc) is 2.67. The summed E-state index contributed by atoms with van der Waals surface area (Å²) in [6, 6.07) is 7.33. The van der Waals surface area contributed by atoms with E-state index in [1.165, 1.54) is 23.4 Å². The highest BCUT2D eigenvalue weighted by molar-refractivity contribution is 5.65. The fourth-order valence-corrected chi connectivity index (χ4v) is 2.80. The van der Waals surface area contributed by atoms with Gasteiger partial charge in [0.15, 0.2) is 0 Å². The van der Waals surface area contributed by atoms with Crippen molar-refractivity contribution in [2.45, 2.75) is 39.2 Å². The molecular formula is C15H24N2. The van der Waals surface area contributed by atoms with Gasteiger partial charge in [0, 0.05) is 30.7 Å². The standard InChI is InChI=1S/C15H24N2/c1-5-17-10-11(2)14-8-6-7-13(15(14)17)9-12(3)16-4/h6-8,11-12,16H,5,9-10H2,1-4H3. The molecule has 2 heteroatoms. The van der Waals surface area contributed by atoms with E-state index in [1.807, 2.05) is 7.05 Å². The second-order valence-corrected chi connectivity index (χ2v) is 5.19. The Balaban J connectivity index is 2.35. The van der Waals surface area contributed by atoms with Crippen molar-refractivity contribution in [1.29, 1.82) is 0 Å². The number of fused-ring (bicyclic) bond motifs is 1. The van der Waals surface area contributed by atoms with Crippen LogP contribution >= 0.6 is 0 Å². The monoisotopic (exact) mass is 232 g/mol. The van der Waals surface area contributed by atoms with Crippen molar-refractivity contribution < 1.29 is 0 Å². The van der Waals surface area contributed by atoms with Gasteiger partial charge in [-0.25, -0.2) is 0 Å². The Morgan fingerprint density at radius 3 is 2.88 bits per heavy atom. The van der Waals surface area contributed by atoms with Crippen LogP contribution in [0.2, 0.25) is 0 Å². The molecule has 2 unspecified atom stereocenters. The van der Waals surface area contributed by atoms with Gasteiger partial charge < -0.3 is 10.2 Å². The third-order valence-corrected chi connectivity index (χ3v) is 3.89. The van der Waals surface area contributed by atoms with Crippen LogP contribution in [0.4, 0.5) is 5.69 Å². The molecule has 0 saturated heterocycles. The fourth-order valence-electron chi connectivity index (χ4n) is 2.80. The molecule has 17 heavy (non-hydrogen) atoms. The minimum Gasteiger partial charge on any atom is -0.371 e. The van der Waals surface area contributed by atoms with E-state index >= 15 is 0 Å². The molecule has 2 rings (SSSR count). The Labute approximate surface area is 105 Å². The lowest BCUT2D eigenvalue weighted by Crippen LogP contribution is -2.26. The quantitative estimate of drug-likeness (QED) is 0.858. The fraction of sp³-hybridized carbons (Fsp3) is 0.600. The van der Waals surface area contributed by atoms with Crippen molar-refractivity contribution >= 4 is 5.69 Å². The SMILES string of the molecule is CCN1CC(C)c2cccc(CC(C)NC)c21. The molecule has 2 atom stereocenters. The van der Waals surface area contributed by atoms with Crippen LogP contribution in [0.1, 0.15) is 37.8 Å². The summed E-state index contributed by atoms with van der Waals surface area (Å²) in [4.78, 5) is 2.53. The Morgan fingerprint density at radius 2 is 2.24 bits per heavy atom. The Bertz CT molecular complexity index is 387. The first-order chi connectivity index (χ1) is 8.17. The molecule has 1 aliphatic heterocycles. The zero-order valence-electron chi connectivity index (χ0n) is 11.5. The molecule has 0 aromatic heterocycles. The number of hydrogen-bond acceptors (Lipinski definition) is 2. The number of likely N-dealkylation sites (N-methyl/N-ethyl adjacent to an activating group) is 2. The van der Waals surface area contributed by atoms with Gasteiger partial charge in [0.05, 0.1) is 0 Å². The molecule has 0 fully saturated rings. The van der Waals surface area contributed by atoms with Crippen LogP contribution in [0, 0.1) is 0 Å². The van der Waals surface area contributed by atoms with Gasteiger partial charge in [-0.3, -0.25) is 0 Å². The number of para-hydroxylation sites is 1. The lowest BCUT2D eigenvalue weighted by Gasteiger charge is -2.22. The van der Waals surface area contributed by atoms with Gasteiger partial charge in [-0.05, 0) is 38.4 Å². The maximum absolute atomic E-state index is 3.33. The minimum absolute atomic E-state index is 0.538. The third kappa shape index (κ3) is 2.32. The highest BCUT2D eigenvalue weighted by atomic mass is 15.1. The van der Waals surface area contributed by atoms with Crippen LogP contribution < -0.4 is 10.2 Å². The summed E-state index contributed by atoms with van der Waals surface area (Å²) in [6.07, 6.45) is 1.11. The number of hydrogen-bond donors (Lipinski definition) is 1.